The van der Waals surface area contributed by atoms with Crippen LogP contribution in [0.4, 0.5) is 5.69 Å². The Hall–Kier alpha value is -2.65. The molecule has 0 unspecified atom stereocenters. The normalized spacial score (nSPS) is 11.0. The van der Waals surface area contributed by atoms with E-state index in [2.05, 4.69) is 5.32 Å². The molecular formula is C21H27ClN2O6S. The largest absolute Gasteiger partial charge is 0.493 e. The average molecular weight is 471 g/mol. The fourth-order valence-electron chi connectivity index (χ4n) is 2.85. The number of carbonyl (C=O) groups excluding carboxylic acids is 1. The Bertz CT molecular complexity index is 984. The molecule has 0 atom stereocenters. The lowest BCUT2D eigenvalue weighted by atomic mass is 10.2. The molecule has 2 aromatic carbocycles. The zero-order valence-corrected chi connectivity index (χ0v) is 19.3. The van der Waals surface area contributed by atoms with Crippen LogP contribution in [0.15, 0.2) is 42.5 Å². The molecule has 170 valence electrons. The number of methoxy groups -OCH3 is 2. The van der Waals surface area contributed by atoms with E-state index < -0.39 is 10.0 Å². The third kappa shape index (κ3) is 7.52. The maximum absolute atomic E-state index is 12.3. The molecule has 1 amide bonds. The molecule has 2 rings (SSSR count). The number of hydrogen-bond acceptors (Lipinski definition) is 6. The molecule has 0 heterocycles. The molecule has 0 saturated carbocycles. The van der Waals surface area contributed by atoms with Gasteiger partial charge in [-0.25, -0.2) is 8.42 Å². The van der Waals surface area contributed by atoms with Gasteiger partial charge in [-0.05, 0) is 30.7 Å². The van der Waals surface area contributed by atoms with Crippen LogP contribution in [-0.2, 0) is 14.8 Å². The van der Waals surface area contributed by atoms with Crippen LogP contribution in [0.3, 0.4) is 0 Å². The van der Waals surface area contributed by atoms with E-state index in [1.807, 2.05) is 6.07 Å². The van der Waals surface area contributed by atoms with Crippen LogP contribution in [0.2, 0.25) is 5.02 Å². The van der Waals surface area contributed by atoms with Gasteiger partial charge in [0.25, 0.3) is 0 Å². The lowest BCUT2D eigenvalue weighted by molar-refractivity contribution is -0.121. The van der Waals surface area contributed by atoms with Crippen molar-refractivity contribution in [1.82, 2.24) is 5.32 Å². The maximum atomic E-state index is 12.3. The summed E-state index contributed by atoms with van der Waals surface area (Å²) in [6.45, 7) is 0.740. The number of hydrogen-bond donors (Lipinski definition) is 1. The maximum Gasteiger partial charge on any atom is 0.232 e. The quantitative estimate of drug-likeness (QED) is 0.479. The SMILES string of the molecule is COc1ccc(N(CCCC(=O)NCCOc2ccccc2Cl)S(C)(=O)=O)cc1OC. The highest BCUT2D eigenvalue weighted by Crippen LogP contribution is 2.32. The van der Waals surface area contributed by atoms with Crippen molar-refractivity contribution in [3.05, 3.63) is 47.5 Å². The van der Waals surface area contributed by atoms with Crippen molar-refractivity contribution in [2.45, 2.75) is 12.8 Å². The number of nitrogens with one attached hydrogen (secondary N) is 1. The van der Waals surface area contributed by atoms with Crippen LogP contribution in [0.5, 0.6) is 17.2 Å². The third-order valence-electron chi connectivity index (χ3n) is 4.34. The Balaban J connectivity index is 1.84. The van der Waals surface area contributed by atoms with Crippen molar-refractivity contribution in [2.75, 3.05) is 44.5 Å². The molecule has 1 N–H and O–H groups in total. The van der Waals surface area contributed by atoms with E-state index in [0.717, 1.165) is 6.26 Å². The van der Waals surface area contributed by atoms with Crippen molar-refractivity contribution in [3.63, 3.8) is 0 Å². The van der Waals surface area contributed by atoms with Crippen molar-refractivity contribution in [1.29, 1.82) is 0 Å². The van der Waals surface area contributed by atoms with Crippen molar-refractivity contribution < 1.29 is 27.4 Å². The summed E-state index contributed by atoms with van der Waals surface area (Å²) < 4.78 is 41.7. The molecule has 0 fully saturated rings. The van der Waals surface area contributed by atoms with Crippen molar-refractivity contribution in [2.24, 2.45) is 0 Å². The van der Waals surface area contributed by atoms with E-state index in [1.165, 1.54) is 18.5 Å². The first-order valence-corrected chi connectivity index (χ1v) is 11.8. The topological polar surface area (TPSA) is 94.2 Å². The summed E-state index contributed by atoms with van der Waals surface area (Å²) in [5, 5.41) is 3.25. The average Bonchev–Trinajstić information content (AvgIpc) is 2.74. The van der Waals surface area contributed by atoms with Gasteiger partial charge in [-0.2, -0.15) is 0 Å². The second-order valence-corrected chi connectivity index (χ2v) is 8.92. The number of benzene rings is 2. The molecule has 0 aliphatic carbocycles. The standard InChI is InChI=1S/C21H27ClN2O6S/c1-28-19-11-10-16(15-20(19)29-2)24(31(3,26)27)13-6-9-21(25)23-12-14-30-18-8-5-4-7-17(18)22/h4-5,7-8,10-11,15H,6,9,12-14H2,1-3H3,(H,23,25). The predicted octanol–water partition coefficient (Wildman–Crippen LogP) is 3.10. The van der Waals surface area contributed by atoms with Gasteiger partial charge in [-0.15, -0.1) is 0 Å². The Kier molecular flexibility index (Phi) is 9.26. The lowest BCUT2D eigenvalue weighted by Crippen LogP contribution is -2.33. The fourth-order valence-corrected chi connectivity index (χ4v) is 4.00. The van der Waals surface area contributed by atoms with E-state index >= 15 is 0 Å². The number of amides is 1. The van der Waals surface area contributed by atoms with E-state index in [1.54, 1.807) is 36.4 Å². The highest BCUT2D eigenvalue weighted by Gasteiger charge is 2.19. The van der Waals surface area contributed by atoms with E-state index in [9.17, 15) is 13.2 Å². The summed E-state index contributed by atoms with van der Waals surface area (Å²) in [6.07, 6.45) is 1.64. The van der Waals surface area contributed by atoms with E-state index in [4.69, 9.17) is 25.8 Å². The van der Waals surface area contributed by atoms with Gasteiger partial charge in [-0.3, -0.25) is 9.10 Å². The minimum Gasteiger partial charge on any atom is -0.493 e. The minimum absolute atomic E-state index is 0.151. The minimum atomic E-state index is -3.54. The molecule has 0 bridgehead atoms. The fraction of sp³-hybridized carbons (Fsp3) is 0.381. The summed E-state index contributed by atoms with van der Waals surface area (Å²) in [4.78, 5) is 12.1. The summed E-state index contributed by atoms with van der Waals surface area (Å²) >= 11 is 6.01. The van der Waals surface area contributed by atoms with Crippen molar-refractivity contribution >= 4 is 33.2 Å². The monoisotopic (exact) mass is 470 g/mol. The molecule has 8 nitrogen and oxygen atoms in total. The number of halogens is 1. The summed E-state index contributed by atoms with van der Waals surface area (Å²) in [6, 6.07) is 11.9. The number of sulfonamides is 1. The molecule has 0 aliphatic rings. The Morgan fingerprint density at radius 3 is 2.42 bits per heavy atom. The highest BCUT2D eigenvalue weighted by atomic mass is 35.5. The molecule has 0 aliphatic heterocycles. The van der Waals surface area contributed by atoms with Crippen LogP contribution >= 0.6 is 11.6 Å². The first kappa shape index (κ1) is 24.6. The molecule has 0 radical (unpaired) electrons. The second kappa shape index (κ2) is 11.7. The molecule has 0 aromatic heterocycles. The number of carbonyl (C=O) groups is 1. The Morgan fingerprint density at radius 2 is 1.77 bits per heavy atom. The van der Waals surface area contributed by atoms with Crippen LogP contribution < -0.4 is 23.8 Å². The molecule has 10 heteroatoms. The zero-order valence-electron chi connectivity index (χ0n) is 17.8. The summed E-state index contributed by atoms with van der Waals surface area (Å²) in [7, 11) is -0.561. The Labute approximate surface area is 188 Å². The van der Waals surface area contributed by atoms with Gasteiger partial charge in [-0.1, -0.05) is 23.7 Å². The Morgan fingerprint density at radius 1 is 1.06 bits per heavy atom. The van der Waals surface area contributed by atoms with Gasteiger partial charge in [0, 0.05) is 19.0 Å². The van der Waals surface area contributed by atoms with Gasteiger partial charge in [0.2, 0.25) is 15.9 Å². The number of rotatable bonds is 12. The summed E-state index contributed by atoms with van der Waals surface area (Å²) in [5.74, 6) is 1.28. The van der Waals surface area contributed by atoms with E-state index in [-0.39, 0.29) is 25.5 Å². The smallest absolute Gasteiger partial charge is 0.232 e. The predicted molar refractivity (Wildman–Crippen MR) is 121 cm³/mol. The van der Waals surface area contributed by atoms with Crippen LogP contribution in [0.25, 0.3) is 0 Å². The first-order chi connectivity index (χ1) is 14.8. The number of ether oxygens (including phenoxy) is 3. The lowest BCUT2D eigenvalue weighted by Gasteiger charge is -2.23. The zero-order chi connectivity index (χ0) is 22.9. The van der Waals surface area contributed by atoms with E-state index in [0.29, 0.717) is 40.9 Å². The number of para-hydroxylation sites is 1. The van der Waals surface area contributed by atoms with Gasteiger partial charge in [0.15, 0.2) is 11.5 Å². The van der Waals surface area contributed by atoms with Gasteiger partial charge >= 0.3 is 0 Å². The molecular weight excluding hydrogens is 444 g/mol. The summed E-state index contributed by atoms with van der Waals surface area (Å²) in [5.41, 5.74) is 0.439. The second-order valence-electron chi connectivity index (χ2n) is 6.61. The third-order valence-corrected chi connectivity index (χ3v) is 5.85. The van der Waals surface area contributed by atoms with Gasteiger partial charge in [0.1, 0.15) is 12.4 Å². The number of nitrogens with zero attached hydrogens (tertiary/aromatic N) is 1. The molecule has 31 heavy (non-hydrogen) atoms. The van der Waals surface area contributed by atoms with Gasteiger partial charge in [0.05, 0.1) is 37.7 Å². The van der Waals surface area contributed by atoms with Crippen LogP contribution in [-0.4, -0.2) is 54.5 Å². The van der Waals surface area contributed by atoms with Crippen LogP contribution in [0.1, 0.15) is 12.8 Å². The highest BCUT2D eigenvalue weighted by molar-refractivity contribution is 7.92. The molecule has 0 saturated heterocycles. The molecule has 2 aromatic rings. The first-order valence-electron chi connectivity index (χ1n) is 9.60. The molecule has 0 spiro atoms. The van der Waals surface area contributed by atoms with Crippen molar-refractivity contribution in [3.8, 4) is 17.2 Å². The number of anilines is 1. The van der Waals surface area contributed by atoms with Crippen LogP contribution in [0, 0.1) is 0 Å². The van der Waals surface area contributed by atoms with Gasteiger partial charge < -0.3 is 19.5 Å².